The Morgan fingerprint density at radius 2 is 1.64 bits per heavy atom. The molecule has 1 heterocycles. The van der Waals surface area contributed by atoms with Gasteiger partial charge in [-0.3, -0.25) is 4.57 Å². The molecule has 0 spiro atoms. The molecule has 0 saturated carbocycles. The number of hydrogen-bond acceptors (Lipinski definition) is 4. The standard InChI is InChI=1S/C26H27N5OS/c1-3-20-11-13-22(14-12-20)28-25(32)27-17-24-29-30-26(33-18-21-7-5-4-6-8-21)31(24)23-15-9-19(2)10-16-23/h4-16H,3,17-18H2,1-2H3,(H2,27,28,32). The Morgan fingerprint density at radius 3 is 2.33 bits per heavy atom. The Balaban J connectivity index is 1.48. The number of thioether (sulfide) groups is 1. The molecule has 0 radical (unpaired) electrons. The highest BCUT2D eigenvalue weighted by molar-refractivity contribution is 7.98. The van der Waals surface area contributed by atoms with Gasteiger partial charge in [-0.25, -0.2) is 4.79 Å². The Morgan fingerprint density at radius 1 is 0.909 bits per heavy atom. The predicted octanol–water partition coefficient (Wildman–Crippen LogP) is 5.75. The summed E-state index contributed by atoms with van der Waals surface area (Å²) in [5.74, 6) is 1.46. The first-order valence-electron chi connectivity index (χ1n) is 10.9. The van der Waals surface area contributed by atoms with E-state index in [9.17, 15) is 4.79 Å². The van der Waals surface area contributed by atoms with E-state index in [0.717, 1.165) is 28.7 Å². The molecule has 0 atom stereocenters. The van der Waals surface area contributed by atoms with Crippen LogP contribution in [0.15, 0.2) is 84.0 Å². The topological polar surface area (TPSA) is 71.8 Å². The number of aryl methyl sites for hydroxylation is 2. The lowest BCUT2D eigenvalue weighted by molar-refractivity contribution is 0.251. The summed E-state index contributed by atoms with van der Waals surface area (Å²) in [4.78, 5) is 12.5. The lowest BCUT2D eigenvalue weighted by atomic mass is 10.1. The summed E-state index contributed by atoms with van der Waals surface area (Å²) in [5.41, 5.74) is 5.34. The maximum absolute atomic E-state index is 12.5. The van der Waals surface area contributed by atoms with Gasteiger partial charge in [0, 0.05) is 17.1 Å². The third-order valence-electron chi connectivity index (χ3n) is 5.23. The van der Waals surface area contributed by atoms with Crippen molar-refractivity contribution in [3.8, 4) is 5.69 Å². The van der Waals surface area contributed by atoms with Crippen LogP contribution in [0.5, 0.6) is 0 Å². The molecule has 3 aromatic carbocycles. The lowest BCUT2D eigenvalue weighted by Crippen LogP contribution is -2.29. The van der Waals surface area contributed by atoms with E-state index in [1.54, 1.807) is 11.8 Å². The Hall–Kier alpha value is -3.58. The first-order chi connectivity index (χ1) is 16.1. The number of nitrogens with one attached hydrogen (secondary N) is 2. The third-order valence-corrected chi connectivity index (χ3v) is 6.23. The summed E-state index contributed by atoms with van der Waals surface area (Å²) in [6, 6.07) is 26.0. The van der Waals surface area contributed by atoms with E-state index in [1.807, 2.05) is 59.2 Å². The molecule has 0 saturated heterocycles. The maximum atomic E-state index is 12.5. The van der Waals surface area contributed by atoms with Gasteiger partial charge in [0.15, 0.2) is 11.0 Å². The minimum atomic E-state index is -0.281. The van der Waals surface area contributed by atoms with E-state index in [-0.39, 0.29) is 12.6 Å². The number of urea groups is 1. The molecule has 4 rings (SSSR count). The van der Waals surface area contributed by atoms with Crippen LogP contribution in [-0.2, 0) is 18.7 Å². The van der Waals surface area contributed by atoms with Gasteiger partial charge in [-0.2, -0.15) is 0 Å². The van der Waals surface area contributed by atoms with E-state index in [2.05, 4.69) is 58.9 Å². The largest absolute Gasteiger partial charge is 0.331 e. The van der Waals surface area contributed by atoms with Crippen LogP contribution in [0.4, 0.5) is 10.5 Å². The summed E-state index contributed by atoms with van der Waals surface area (Å²) in [5, 5.41) is 15.4. The Kier molecular flexibility index (Phi) is 7.42. The van der Waals surface area contributed by atoms with Crippen molar-refractivity contribution in [2.45, 2.75) is 37.7 Å². The summed E-state index contributed by atoms with van der Waals surface area (Å²) in [7, 11) is 0. The van der Waals surface area contributed by atoms with E-state index in [1.165, 1.54) is 16.7 Å². The van der Waals surface area contributed by atoms with Crippen LogP contribution < -0.4 is 10.6 Å². The molecule has 168 valence electrons. The number of hydrogen-bond donors (Lipinski definition) is 2. The zero-order valence-electron chi connectivity index (χ0n) is 18.8. The number of carbonyl (C=O) groups is 1. The summed E-state index contributed by atoms with van der Waals surface area (Å²) >= 11 is 1.62. The van der Waals surface area contributed by atoms with Gasteiger partial charge in [0.1, 0.15) is 0 Å². The second-order valence-electron chi connectivity index (χ2n) is 7.70. The molecule has 2 N–H and O–H groups in total. The van der Waals surface area contributed by atoms with Gasteiger partial charge in [-0.15, -0.1) is 10.2 Å². The van der Waals surface area contributed by atoms with Gasteiger partial charge in [-0.1, -0.05) is 78.8 Å². The molecule has 0 bridgehead atoms. The van der Waals surface area contributed by atoms with Crippen molar-refractivity contribution in [2.24, 2.45) is 0 Å². The zero-order valence-corrected chi connectivity index (χ0v) is 19.6. The monoisotopic (exact) mass is 457 g/mol. The normalized spacial score (nSPS) is 10.7. The molecule has 0 aliphatic rings. The van der Waals surface area contributed by atoms with Crippen LogP contribution >= 0.6 is 11.8 Å². The second-order valence-corrected chi connectivity index (χ2v) is 8.64. The molecule has 33 heavy (non-hydrogen) atoms. The highest BCUT2D eigenvalue weighted by atomic mass is 32.2. The number of carbonyl (C=O) groups excluding carboxylic acids is 1. The fourth-order valence-corrected chi connectivity index (χ4v) is 4.27. The van der Waals surface area contributed by atoms with Gasteiger partial charge in [0.05, 0.1) is 6.54 Å². The van der Waals surface area contributed by atoms with Gasteiger partial charge in [0.25, 0.3) is 0 Å². The van der Waals surface area contributed by atoms with Crippen molar-refractivity contribution in [3.63, 3.8) is 0 Å². The summed E-state index contributed by atoms with van der Waals surface area (Å²) in [6.07, 6.45) is 0.964. The average molecular weight is 458 g/mol. The number of amides is 2. The van der Waals surface area contributed by atoms with Crippen molar-refractivity contribution < 1.29 is 4.79 Å². The first-order valence-corrected chi connectivity index (χ1v) is 11.9. The molecular weight excluding hydrogens is 430 g/mol. The van der Waals surface area contributed by atoms with Crippen molar-refractivity contribution in [1.82, 2.24) is 20.1 Å². The number of aromatic nitrogens is 3. The van der Waals surface area contributed by atoms with Gasteiger partial charge < -0.3 is 10.6 Å². The van der Waals surface area contributed by atoms with Crippen LogP contribution in [0.3, 0.4) is 0 Å². The van der Waals surface area contributed by atoms with E-state index in [0.29, 0.717) is 5.82 Å². The van der Waals surface area contributed by atoms with Crippen LogP contribution in [0.25, 0.3) is 5.69 Å². The summed E-state index contributed by atoms with van der Waals surface area (Å²) < 4.78 is 2.00. The molecule has 0 fully saturated rings. The Bertz CT molecular complexity index is 1190. The van der Waals surface area contributed by atoms with E-state index < -0.39 is 0 Å². The quantitative estimate of drug-likeness (QED) is 0.330. The van der Waals surface area contributed by atoms with Crippen LogP contribution in [-0.4, -0.2) is 20.8 Å². The van der Waals surface area contributed by atoms with Crippen LogP contribution in [0.1, 0.15) is 29.4 Å². The molecule has 0 unspecified atom stereocenters. The number of anilines is 1. The lowest BCUT2D eigenvalue weighted by Gasteiger charge is -2.12. The highest BCUT2D eigenvalue weighted by Gasteiger charge is 2.15. The summed E-state index contributed by atoms with van der Waals surface area (Å²) in [6.45, 7) is 4.41. The average Bonchev–Trinajstić information content (AvgIpc) is 3.26. The predicted molar refractivity (Wildman–Crippen MR) is 134 cm³/mol. The highest BCUT2D eigenvalue weighted by Crippen LogP contribution is 2.25. The molecular formula is C26H27N5OS. The first kappa shape index (κ1) is 22.6. The molecule has 4 aromatic rings. The minimum Gasteiger partial charge on any atom is -0.331 e. The van der Waals surface area contributed by atoms with Crippen molar-refractivity contribution in [3.05, 3.63) is 101 Å². The number of rotatable bonds is 8. The van der Waals surface area contributed by atoms with Crippen molar-refractivity contribution in [2.75, 3.05) is 5.32 Å². The van der Waals surface area contributed by atoms with Crippen molar-refractivity contribution >= 4 is 23.5 Å². The van der Waals surface area contributed by atoms with E-state index >= 15 is 0 Å². The van der Waals surface area contributed by atoms with E-state index in [4.69, 9.17) is 0 Å². The number of benzene rings is 3. The van der Waals surface area contributed by atoms with Crippen LogP contribution in [0, 0.1) is 6.92 Å². The van der Waals surface area contributed by atoms with Gasteiger partial charge >= 0.3 is 6.03 Å². The van der Waals surface area contributed by atoms with Gasteiger partial charge in [-0.05, 0) is 48.7 Å². The van der Waals surface area contributed by atoms with Gasteiger partial charge in [0.2, 0.25) is 0 Å². The zero-order chi connectivity index (χ0) is 23.0. The van der Waals surface area contributed by atoms with Crippen LogP contribution in [0.2, 0.25) is 0 Å². The molecule has 6 nitrogen and oxygen atoms in total. The fourth-order valence-electron chi connectivity index (χ4n) is 3.34. The fraction of sp³-hybridized carbons (Fsp3) is 0.192. The molecule has 7 heteroatoms. The number of nitrogens with zero attached hydrogens (tertiary/aromatic N) is 3. The second kappa shape index (κ2) is 10.8. The molecule has 0 aliphatic carbocycles. The molecule has 1 aromatic heterocycles. The third kappa shape index (κ3) is 6.02. The SMILES string of the molecule is CCc1ccc(NC(=O)NCc2nnc(SCc3ccccc3)n2-c2ccc(C)cc2)cc1. The molecule has 2 amide bonds. The Labute approximate surface area is 198 Å². The van der Waals surface area contributed by atoms with Crippen molar-refractivity contribution in [1.29, 1.82) is 0 Å². The smallest absolute Gasteiger partial charge is 0.319 e. The maximum Gasteiger partial charge on any atom is 0.319 e. The molecule has 0 aliphatic heterocycles. The minimum absolute atomic E-state index is 0.256.